The standard InChI is InChI=1S/C14H24O7/c1-2-3-5-11(15)10-14(19)21-9-7-13(18)20-8-4-6-12(16)17/h11,15H,2-10H2,1H3,(H,16,17). The van der Waals surface area contributed by atoms with Crippen LogP contribution in [-0.4, -0.2) is 47.4 Å². The number of carbonyl (C=O) groups is 3. The molecule has 1 atom stereocenters. The molecule has 0 amide bonds. The number of esters is 2. The van der Waals surface area contributed by atoms with Gasteiger partial charge in [0.15, 0.2) is 0 Å². The molecule has 0 saturated carbocycles. The minimum atomic E-state index is -0.943. The van der Waals surface area contributed by atoms with Gasteiger partial charge in [0.25, 0.3) is 0 Å². The van der Waals surface area contributed by atoms with E-state index >= 15 is 0 Å². The van der Waals surface area contributed by atoms with Crippen molar-refractivity contribution >= 4 is 17.9 Å². The van der Waals surface area contributed by atoms with Crippen molar-refractivity contribution in [1.29, 1.82) is 0 Å². The summed E-state index contributed by atoms with van der Waals surface area (Å²) in [5.41, 5.74) is 0. The number of carboxylic acids is 1. The second kappa shape index (κ2) is 12.1. The van der Waals surface area contributed by atoms with Gasteiger partial charge >= 0.3 is 17.9 Å². The molecule has 1 unspecified atom stereocenters. The van der Waals surface area contributed by atoms with Crippen molar-refractivity contribution in [3.8, 4) is 0 Å². The van der Waals surface area contributed by atoms with Gasteiger partial charge in [-0.2, -0.15) is 0 Å². The van der Waals surface area contributed by atoms with Crippen LogP contribution in [0, 0.1) is 0 Å². The van der Waals surface area contributed by atoms with Gasteiger partial charge in [0.2, 0.25) is 0 Å². The molecule has 0 saturated heterocycles. The van der Waals surface area contributed by atoms with Crippen LogP contribution < -0.4 is 0 Å². The highest BCUT2D eigenvalue weighted by Gasteiger charge is 2.12. The van der Waals surface area contributed by atoms with E-state index in [1.54, 1.807) is 0 Å². The fourth-order valence-electron chi connectivity index (χ4n) is 1.52. The van der Waals surface area contributed by atoms with Crippen LogP contribution in [0.2, 0.25) is 0 Å². The predicted octanol–water partition coefficient (Wildman–Crippen LogP) is 1.27. The lowest BCUT2D eigenvalue weighted by atomic mass is 10.1. The molecule has 2 N–H and O–H groups in total. The first kappa shape index (κ1) is 19.4. The molecule has 0 fully saturated rings. The number of hydrogen-bond acceptors (Lipinski definition) is 6. The summed E-state index contributed by atoms with van der Waals surface area (Å²) in [6.07, 6.45) is 1.68. The summed E-state index contributed by atoms with van der Waals surface area (Å²) in [5.74, 6) is -2.03. The van der Waals surface area contributed by atoms with Crippen LogP contribution in [-0.2, 0) is 23.9 Å². The Bertz CT molecular complexity index is 327. The Labute approximate surface area is 124 Å². The number of hydrogen-bond donors (Lipinski definition) is 2. The lowest BCUT2D eigenvalue weighted by Crippen LogP contribution is -2.18. The van der Waals surface area contributed by atoms with E-state index in [9.17, 15) is 19.5 Å². The van der Waals surface area contributed by atoms with Crippen LogP contribution in [0.25, 0.3) is 0 Å². The molecule has 7 nitrogen and oxygen atoms in total. The predicted molar refractivity (Wildman–Crippen MR) is 73.6 cm³/mol. The zero-order chi connectivity index (χ0) is 16.1. The molecule has 0 radical (unpaired) electrons. The molecular weight excluding hydrogens is 280 g/mol. The van der Waals surface area contributed by atoms with Gasteiger partial charge in [-0.1, -0.05) is 19.8 Å². The molecular formula is C14H24O7. The van der Waals surface area contributed by atoms with Crippen LogP contribution in [0.15, 0.2) is 0 Å². The number of aliphatic hydroxyl groups is 1. The number of carbonyl (C=O) groups excluding carboxylic acids is 2. The third kappa shape index (κ3) is 13.1. The highest BCUT2D eigenvalue weighted by Crippen LogP contribution is 2.05. The van der Waals surface area contributed by atoms with Gasteiger partial charge in [-0.05, 0) is 12.8 Å². The van der Waals surface area contributed by atoms with E-state index in [0.29, 0.717) is 6.42 Å². The largest absolute Gasteiger partial charge is 0.481 e. The molecule has 0 aliphatic heterocycles. The summed E-state index contributed by atoms with van der Waals surface area (Å²) in [7, 11) is 0. The van der Waals surface area contributed by atoms with E-state index in [1.807, 2.05) is 6.92 Å². The summed E-state index contributed by atoms with van der Waals surface area (Å²) in [6, 6.07) is 0. The second-order valence-electron chi connectivity index (χ2n) is 4.69. The van der Waals surface area contributed by atoms with E-state index in [4.69, 9.17) is 14.6 Å². The Morgan fingerprint density at radius 3 is 2.29 bits per heavy atom. The van der Waals surface area contributed by atoms with E-state index in [1.165, 1.54) is 0 Å². The van der Waals surface area contributed by atoms with Gasteiger partial charge in [0, 0.05) is 6.42 Å². The average Bonchev–Trinajstić information content (AvgIpc) is 2.41. The van der Waals surface area contributed by atoms with Gasteiger partial charge in [-0.15, -0.1) is 0 Å². The van der Waals surface area contributed by atoms with E-state index in [0.717, 1.165) is 12.8 Å². The molecule has 0 rings (SSSR count). The third-order valence-electron chi connectivity index (χ3n) is 2.66. The van der Waals surface area contributed by atoms with Crippen LogP contribution in [0.3, 0.4) is 0 Å². The minimum Gasteiger partial charge on any atom is -0.481 e. The number of aliphatic carboxylic acids is 1. The molecule has 21 heavy (non-hydrogen) atoms. The fourth-order valence-corrected chi connectivity index (χ4v) is 1.52. The topological polar surface area (TPSA) is 110 Å². The van der Waals surface area contributed by atoms with Crippen molar-refractivity contribution in [1.82, 2.24) is 0 Å². The molecule has 0 aromatic rings. The van der Waals surface area contributed by atoms with Gasteiger partial charge in [0.1, 0.15) is 6.61 Å². The SMILES string of the molecule is CCCCC(O)CC(=O)OCCC(=O)OCCCC(=O)O. The summed E-state index contributed by atoms with van der Waals surface area (Å²) in [4.78, 5) is 32.8. The molecule has 0 aliphatic rings. The van der Waals surface area contributed by atoms with Crippen molar-refractivity contribution < 1.29 is 34.1 Å². The molecule has 0 heterocycles. The smallest absolute Gasteiger partial charge is 0.309 e. The first-order valence-electron chi connectivity index (χ1n) is 7.16. The van der Waals surface area contributed by atoms with Gasteiger partial charge < -0.3 is 19.7 Å². The van der Waals surface area contributed by atoms with Gasteiger partial charge in [-0.25, -0.2) is 0 Å². The summed E-state index contributed by atoms with van der Waals surface area (Å²) in [5, 5.41) is 17.9. The number of carboxylic acid groups (broad SMARTS) is 1. The Balaban J connectivity index is 3.57. The highest BCUT2D eigenvalue weighted by atomic mass is 16.5. The first-order chi connectivity index (χ1) is 9.95. The number of unbranched alkanes of at least 4 members (excludes halogenated alkanes) is 1. The zero-order valence-electron chi connectivity index (χ0n) is 12.4. The van der Waals surface area contributed by atoms with Crippen molar-refractivity contribution in [3.63, 3.8) is 0 Å². The first-order valence-corrected chi connectivity index (χ1v) is 7.16. The lowest BCUT2D eigenvalue weighted by Gasteiger charge is -2.09. The molecule has 0 spiro atoms. The van der Waals surface area contributed by atoms with Crippen LogP contribution in [0.1, 0.15) is 51.9 Å². The molecule has 0 bridgehead atoms. The quantitative estimate of drug-likeness (QED) is 0.412. The maximum Gasteiger partial charge on any atom is 0.309 e. The molecule has 122 valence electrons. The van der Waals surface area contributed by atoms with E-state index < -0.39 is 24.0 Å². The maximum absolute atomic E-state index is 11.3. The van der Waals surface area contributed by atoms with Crippen molar-refractivity contribution in [2.45, 2.75) is 58.0 Å². The second-order valence-corrected chi connectivity index (χ2v) is 4.69. The molecule has 0 aromatic heterocycles. The zero-order valence-corrected chi connectivity index (χ0v) is 12.4. The van der Waals surface area contributed by atoms with Crippen LogP contribution in [0.4, 0.5) is 0 Å². The van der Waals surface area contributed by atoms with Crippen molar-refractivity contribution in [2.75, 3.05) is 13.2 Å². The van der Waals surface area contributed by atoms with Crippen molar-refractivity contribution in [2.24, 2.45) is 0 Å². The highest BCUT2D eigenvalue weighted by molar-refractivity contribution is 5.72. The Hall–Kier alpha value is -1.63. The van der Waals surface area contributed by atoms with Crippen LogP contribution >= 0.6 is 0 Å². The van der Waals surface area contributed by atoms with Gasteiger partial charge in [-0.3, -0.25) is 14.4 Å². The monoisotopic (exact) mass is 304 g/mol. The Morgan fingerprint density at radius 1 is 1.00 bits per heavy atom. The summed E-state index contributed by atoms with van der Waals surface area (Å²) in [6.45, 7) is 1.93. The lowest BCUT2D eigenvalue weighted by molar-refractivity contribution is -0.151. The number of ether oxygens (including phenoxy) is 2. The van der Waals surface area contributed by atoms with E-state index in [-0.39, 0.29) is 38.9 Å². The maximum atomic E-state index is 11.3. The van der Waals surface area contributed by atoms with Crippen molar-refractivity contribution in [3.05, 3.63) is 0 Å². The Morgan fingerprint density at radius 2 is 1.67 bits per heavy atom. The third-order valence-corrected chi connectivity index (χ3v) is 2.66. The van der Waals surface area contributed by atoms with Crippen LogP contribution in [0.5, 0.6) is 0 Å². The number of rotatable bonds is 12. The molecule has 7 heteroatoms. The number of aliphatic hydroxyl groups excluding tert-OH is 1. The summed E-state index contributed by atoms with van der Waals surface area (Å²) < 4.78 is 9.58. The van der Waals surface area contributed by atoms with Gasteiger partial charge in [0.05, 0.1) is 25.6 Å². The fraction of sp³-hybridized carbons (Fsp3) is 0.786. The minimum absolute atomic E-state index is 0.0365. The normalized spacial score (nSPS) is 11.7. The molecule has 0 aliphatic carbocycles. The Kier molecular flexibility index (Phi) is 11.2. The van der Waals surface area contributed by atoms with E-state index in [2.05, 4.69) is 0 Å². The summed E-state index contributed by atoms with van der Waals surface area (Å²) >= 11 is 0. The average molecular weight is 304 g/mol. The molecule has 0 aromatic carbocycles.